The van der Waals surface area contributed by atoms with Gasteiger partial charge in [-0.05, 0) is 43.7 Å². The molecule has 1 N–H and O–H groups in total. The van der Waals surface area contributed by atoms with Crippen LogP contribution < -0.4 is 4.74 Å². The minimum Gasteiger partial charge on any atom is -0.454 e. The van der Waals surface area contributed by atoms with E-state index in [1.54, 1.807) is 25.1 Å². The summed E-state index contributed by atoms with van der Waals surface area (Å²) >= 11 is 3.40. The second-order valence-electron chi connectivity index (χ2n) is 4.35. The Labute approximate surface area is 120 Å². The maximum Gasteiger partial charge on any atom is 0.168 e. The molecular weight excluding hydrogens is 311 g/mol. The van der Waals surface area contributed by atoms with E-state index < -0.39 is 11.9 Å². The molecule has 0 aliphatic carbocycles. The zero-order chi connectivity index (χ0) is 14.0. The molecule has 2 rings (SSSR count). The molecule has 0 amide bonds. The van der Waals surface area contributed by atoms with E-state index in [0.29, 0.717) is 11.3 Å². The van der Waals surface area contributed by atoms with Crippen molar-refractivity contribution >= 4 is 15.9 Å². The normalized spacial score (nSPS) is 12.3. The van der Waals surface area contributed by atoms with Gasteiger partial charge in [0.2, 0.25) is 0 Å². The lowest BCUT2D eigenvalue weighted by Gasteiger charge is -2.14. The molecule has 2 aromatic rings. The Morgan fingerprint density at radius 1 is 1.26 bits per heavy atom. The SMILES string of the molecule is Cc1cc(Oc2c(F)cccc2[C@H](C)O)ccc1Br. The predicted octanol–water partition coefficient (Wildman–Crippen LogP) is 4.74. The second kappa shape index (κ2) is 5.72. The third kappa shape index (κ3) is 3.14. The summed E-state index contributed by atoms with van der Waals surface area (Å²) in [6.45, 7) is 3.50. The van der Waals surface area contributed by atoms with Gasteiger partial charge in [-0.1, -0.05) is 28.1 Å². The number of hydrogen-bond donors (Lipinski definition) is 1. The van der Waals surface area contributed by atoms with Gasteiger partial charge in [0.05, 0.1) is 6.10 Å². The minimum absolute atomic E-state index is 0.0687. The van der Waals surface area contributed by atoms with Crippen LogP contribution in [0.5, 0.6) is 11.5 Å². The number of aliphatic hydroxyl groups is 1. The average Bonchev–Trinajstić information content (AvgIpc) is 2.36. The average molecular weight is 325 g/mol. The lowest BCUT2D eigenvalue weighted by molar-refractivity contribution is 0.194. The smallest absolute Gasteiger partial charge is 0.168 e. The highest BCUT2D eigenvalue weighted by Gasteiger charge is 2.14. The molecule has 0 saturated heterocycles. The highest BCUT2D eigenvalue weighted by Crippen LogP contribution is 2.33. The number of para-hydroxylation sites is 1. The predicted molar refractivity (Wildman–Crippen MR) is 76.0 cm³/mol. The van der Waals surface area contributed by atoms with Crippen molar-refractivity contribution in [1.29, 1.82) is 0 Å². The van der Waals surface area contributed by atoms with Gasteiger partial charge in [-0.25, -0.2) is 4.39 Å². The number of halogens is 2. The Balaban J connectivity index is 2.40. The van der Waals surface area contributed by atoms with Crippen LogP contribution in [0.1, 0.15) is 24.2 Å². The molecule has 4 heteroatoms. The largest absolute Gasteiger partial charge is 0.454 e. The molecule has 1 atom stereocenters. The summed E-state index contributed by atoms with van der Waals surface area (Å²) in [6, 6.07) is 9.91. The Bertz CT molecular complexity index is 597. The molecule has 0 saturated carbocycles. The van der Waals surface area contributed by atoms with Gasteiger partial charge in [0.25, 0.3) is 0 Å². The maximum atomic E-state index is 13.8. The Morgan fingerprint density at radius 3 is 2.63 bits per heavy atom. The molecule has 100 valence electrons. The van der Waals surface area contributed by atoms with Gasteiger partial charge in [0.1, 0.15) is 5.75 Å². The summed E-state index contributed by atoms with van der Waals surface area (Å²) in [5, 5.41) is 9.65. The summed E-state index contributed by atoms with van der Waals surface area (Å²) < 4.78 is 20.4. The lowest BCUT2D eigenvalue weighted by Crippen LogP contribution is -1.98. The van der Waals surface area contributed by atoms with E-state index in [2.05, 4.69) is 15.9 Å². The molecule has 0 unspecified atom stereocenters. The second-order valence-corrected chi connectivity index (χ2v) is 5.20. The summed E-state index contributed by atoms with van der Waals surface area (Å²) in [5.41, 5.74) is 1.42. The Hall–Kier alpha value is -1.39. The van der Waals surface area contributed by atoms with E-state index in [-0.39, 0.29) is 5.75 Å². The summed E-state index contributed by atoms with van der Waals surface area (Å²) in [7, 11) is 0. The molecule has 0 aliphatic heterocycles. The standard InChI is InChI=1S/C15H14BrFO2/c1-9-8-11(6-7-13(9)16)19-15-12(10(2)18)4-3-5-14(15)17/h3-8,10,18H,1-2H3/t10-/m0/s1. The fraction of sp³-hybridized carbons (Fsp3) is 0.200. The number of ether oxygens (including phenoxy) is 1. The molecule has 0 aromatic heterocycles. The van der Waals surface area contributed by atoms with Crippen LogP contribution in [-0.4, -0.2) is 5.11 Å². The highest BCUT2D eigenvalue weighted by molar-refractivity contribution is 9.10. The van der Waals surface area contributed by atoms with Gasteiger partial charge in [-0.2, -0.15) is 0 Å². The molecule has 0 spiro atoms. The first-order valence-corrected chi connectivity index (χ1v) is 6.69. The number of rotatable bonds is 3. The number of benzene rings is 2. The lowest BCUT2D eigenvalue weighted by atomic mass is 10.1. The van der Waals surface area contributed by atoms with E-state index >= 15 is 0 Å². The van der Waals surface area contributed by atoms with Crippen LogP contribution in [0, 0.1) is 12.7 Å². The van der Waals surface area contributed by atoms with E-state index in [4.69, 9.17) is 4.74 Å². The van der Waals surface area contributed by atoms with Crippen LogP contribution in [0.3, 0.4) is 0 Å². The molecule has 0 heterocycles. The van der Waals surface area contributed by atoms with Crippen molar-refractivity contribution in [1.82, 2.24) is 0 Å². The van der Waals surface area contributed by atoms with Crippen molar-refractivity contribution in [2.24, 2.45) is 0 Å². The van der Waals surface area contributed by atoms with Crippen LogP contribution in [0.2, 0.25) is 0 Å². The molecule has 19 heavy (non-hydrogen) atoms. The molecule has 2 aromatic carbocycles. The number of hydrogen-bond acceptors (Lipinski definition) is 2. The van der Waals surface area contributed by atoms with Crippen LogP contribution in [-0.2, 0) is 0 Å². The summed E-state index contributed by atoms with van der Waals surface area (Å²) in [4.78, 5) is 0. The third-order valence-electron chi connectivity index (χ3n) is 2.80. The van der Waals surface area contributed by atoms with E-state index in [1.807, 2.05) is 19.1 Å². The van der Waals surface area contributed by atoms with E-state index in [9.17, 15) is 9.50 Å². The first-order chi connectivity index (χ1) is 8.99. The number of aryl methyl sites for hydroxylation is 1. The first kappa shape index (κ1) is 14.0. The maximum absolute atomic E-state index is 13.8. The van der Waals surface area contributed by atoms with Crippen molar-refractivity contribution in [3.8, 4) is 11.5 Å². The monoisotopic (exact) mass is 324 g/mol. The Kier molecular flexibility index (Phi) is 4.22. The highest BCUT2D eigenvalue weighted by atomic mass is 79.9. The molecule has 2 nitrogen and oxygen atoms in total. The molecule has 0 radical (unpaired) electrons. The van der Waals surface area contributed by atoms with Crippen molar-refractivity contribution in [3.05, 3.63) is 57.8 Å². The van der Waals surface area contributed by atoms with Gasteiger partial charge >= 0.3 is 0 Å². The van der Waals surface area contributed by atoms with E-state index in [0.717, 1.165) is 10.0 Å². The first-order valence-electron chi connectivity index (χ1n) is 5.89. The zero-order valence-corrected chi connectivity index (χ0v) is 12.2. The minimum atomic E-state index is -0.790. The zero-order valence-electron chi connectivity index (χ0n) is 10.7. The van der Waals surface area contributed by atoms with Gasteiger partial charge < -0.3 is 9.84 Å². The van der Waals surface area contributed by atoms with Crippen LogP contribution in [0.15, 0.2) is 40.9 Å². The van der Waals surface area contributed by atoms with Gasteiger partial charge in [0, 0.05) is 10.0 Å². The van der Waals surface area contributed by atoms with Crippen LogP contribution in [0.4, 0.5) is 4.39 Å². The molecule has 0 fully saturated rings. The topological polar surface area (TPSA) is 29.5 Å². The summed E-state index contributed by atoms with van der Waals surface area (Å²) in [6.07, 6.45) is -0.790. The van der Waals surface area contributed by atoms with Crippen molar-refractivity contribution < 1.29 is 14.2 Å². The van der Waals surface area contributed by atoms with Gasteiger partial charge in [0.15, 0.2) is 11.6 Å². The fourth-order valence-electron chi connectivity index (χ4n) is 1.76. The van der Waals surface area contributed by atoms with Crippen LogP contribution >= 0.6 is 15.9 Å². The van der Waals surface area contributed by atoms with Gasteiger partial charge in [-0.3, -0.25) is 0 Å². The van der Waals surface area contributed by atoms with Gasteiger partial charge in [-0.15, -0.1) is 0 Å². The molecule has 0 bridgehead atoms. The quantitative estimate of drug-likeness (QED) is 0.883. The number of aliphatic hydroxyl groups excluding tert-OH is 1. The van der Waals surface area contributed by atoms with Crippen LogP contribution in [0.25, 0.3) is 0 Å². The summed E-state index contributed by atoms with van der Waals surface area (Å²) in [5.74, 6) is 0.117. The molecular formula is C15H14BrFO2. The fourth-order valence-corrected chi connectivity index (χ4v) is 2.01. The van der Waals surface area contributed by atoms with E-state index in [1.165, 1.54) is 6.07 Å². The van der Waals surface area contributed by atoms with Crippen molar-refractivity contribution in [2.75, 3.05) is 0 Å². The van der Waals surface area contributed by atoms with Crippen molar-refractivity contribution in [2.45, 2.75) is 20.0 Å². The molecule has 0 aliphatic rings. The third-order valence-corrected chi connectivity index (χ3v) is 3.69. The van der Waals surface area contributed by atoms with Crippen molar-refractivity contribution in [3.63, 3.8) is 0 Å². The Morgan fingerprint density at radius 2 is 2.00 bits per heavy atom.